The molecular weight excluding hydrogens is 484 g/mol. The molecule has 1 amide bonds. The van der Waals surface area contributed by atoms with Gasteiger partial charge in [0.1, 0.15) is 11.4 Å². The van der Waals surface area contributed by atoms with Crippen molar-refractivity contribution in [1.29, 1.82) is 0 Å². The van der Waals surface area contributed by atoms with Crippen LogP contribution in [-0.4, -0.2) is 19.9 Å². The van der Waals surface area contributed by atoms with Crippen molar-refractivity contribution in [2.75, 3.05) is 4.72 Å². The second-order valence-electron chi connectivity index (χ2n) is 8.87. The van der Waals surface area contributed by atoms with E-state index < -0.39 is 10.0 Å². The Morgan fingerprint density at radius 1 is 1.06 bits per heavy atom. The molecule has 0 spiro atoms. The van der Waals surface area contributed by atoms with Crippen LogP contribution in [-0.2, 0) is 10.0 Å². The summed E-state index contributed by atoms with van der Waals surface area (Å²) in [6, 6.07) is 18.6. The summed E-state index contributed by atoms with van der Waals surface area (Å²) in [6.07, 6.45) is 2.29. The van der Waals surface area contributed by atoms with Crippen molar-refractivity contribution >= 4 is 33.2 Å². The van der Waals surface area contributed by atoms with Gasteiger partial charge < -0.3 is 10.1 Å². The fourth-order valence-electron chi connectivity index (χ4n) is 4.36. The maximum atomic E-state index is 13.2. The van der Waals surface area contributed by atoms with Gasteiger partial charge in [-0.3, -0.25) is 9.52 Å². The van der Waals surface area contributed by atoms with Gasteiger partial charge >= 0.3 is 0 Å². The predicted molar refractivity (Wildman–Crippen MR) is 139 cm³/mol. The first kappa shape index (κ1) is 25.1. The standard InChI is InChI=1S/C27H29ClN2O4S/c1-4-27(5-2)17-24(22-8-6-7-9-25(22)34-27)29-26(31)21-15-12-19(16-23(21)28)30-35(32,33)20-13-10-18(3)11-14-20/h6-16,24,30H,4-5,17H2,1-3H3,(H,29,31)/t24-/m0/s1. The topological polar surface area (TPSA) is 84.5 Å². The molecule has 2 N–H and O–H groups in total. The Morgan fingerprint density at radius 3 is 2.40 bits per heavy atom. The fourth-order valence-corrected chi connectivity index (χ4v) is 5.68. The lowest BCUT2D eigenvalue weighted by atomic mass is 9.83. The number of halogens is 1. The van der Waals surface area contributed by atoms with Gasteiger partial charge in [-0.2, -0.15) is 0 Å². The minimum absolute atomic E-state index is 0.148. The number of carbonyl (C=O) groups excluding carboxylic acids is 1. The number of nitrogens with one attached hydrogen (secondary N) is 2. The lowest BCUT2D eigenvalue weighted by Gasteiger charge is -2.41. The Hall–Kier alpha value is -3.03. The first-order chi connectivity index (χ1) is 16.7. The second-order valence-corrected chi connectivity index (χ2v) is 11.0. The lowest BCUT2D eigenvalue weighted by molar-refractivity contribution is 0.0227. The maximum absolute atomic E-state index is 13.2. The zero-order valence-electron chi connectivity index (χ0n) is 20.0. The quantitative estimate of drug-likeness (QED) is 0.391. The van der Waals surface area contributed by atoms with Crippen molar-refractivity contribution in [3.05, 3.63) is 88.4 Å². The van der Waals surface area contributed by atoms with Gasteiger partial charge in [-0.1, -0.05) is 61.3 Å². The molecule has 0 fully saturated rings. The highest BCUT2D eigenvalue weighted by molar-refractivity contribution is 7.92. The fraction of sp³-hybridized carbons (Fsp3) is 0.296. The van der Waals surface area contributed by atoms with E-state index in [0.29, 0.717) is 6.42 Å². The van der Waals surface area contributed by atoms with Gasteiger partial charge in [-0.25, -0.2) is 8.42 Å². The van der Waals surface area contributed by atoms with Crippen molar-refractivity contribution in [2.45, 2.75) is 56.6 Å². The summed E-state index contributed by atoms with van der Waals surface area (Å²) in [5, 5.41) is 3.27. The van der Waals surface area contributed by atoms with E-state index in [1.165, 1.54) is 18.2 Å². The van der Waals surface area contributed by atoms with Crippen LogP contribution in [0.1, 0.15) is 60.6 Å². The summed E-state index contributed by atoms with van der Waals surface area (Å²) in [5.41, 5.74) is 2.09. The average molecular weight is 513 g/mol. The van der Waals surface area contributed by atoms with Gasteiger partial charge in [0.25, 0.3) is 15.9 Å². The first-order valence-electron chi connectivity index (χ1n) is 11.6. The van der Waals surface area contributed by atoms with Crippen molar-refractivity contribution in [1.82, 2.24) is 5.32 Å². The number of anilines is 1. The number of fused-ring (bicyclic) bond motifs is 1. The molecule has 0 saturated heterocycles. The van der Waals surface area contributed by atoms with E-state index in [0.717, 1.165) is 29.7 Å². The minimum Gasteiger partial charge on any atom is -0.487 e. The van der Waals surface area contributed by atoms with Gasteiger partial charge in [-0.05, 0) is 56.2 Å². The molecule has 0 aliphatic carbocycles. The van der Waals surface area contributed by atoms with Crippen LogP contribution < -0.4 is 14.8 Å². The molecule has 0 saturated carbocycles. The number of rotatable bonds is 7. The van der Waals surface area contributed by atoms with E-state index >= 15 is 0 Å². The molecule has 4 rings (SSSR count). The molecule has 35 heavy (non-hydrogen) atoms. The van der Waals surface area contributed by atoms with Gasteiger partial charge in [0.2, 0.25) is 0 Å². The molecule has 3 aromatic carbocycles. The van der Waals surface area contributed by atoms with E-state index in [9.17, 15) is 13.2 Å². The Labute approximate surface area is 211 Å². The second kappa shape index (κ2) is 9.91. The largest absolute Gasteiger partial charge is 0.487 e. The highest BCUT2D eigenvalue weighted by Gasteiger charge is 2.39. The highest BCUT2D eigenvalue weighted by Crippen LogP contribution is 2.42. The number of ether oxygens (including phenoxy) is 1. The van der Waals surface area contributed by atoms with Gasteiger partial charge in [0.05, 0.1) is 27.2 Å². The Morgan fingerprint density at radius 2 is 1.74 bits per heavy atom. The summed E-state index contributed by atoms with van der Waals surface area (Å²) in [5.74, 6) is 0.449. The van der Waals surface area contributed by atoms with E-state index in [4.69, 9.17) is 16.3 Å². The molecule has 8 heteroatoms. The molecular formula is C27H29ClN2O4S. The molecule has 1 aliphatic heterocycles. The number of para-hydroxylation sites is 1. The summed E-state index contributed by atoms with van der Waals surface area (Å²) in [4.78, 5) is 13.4. The number of hydrogen-bond donors (Lipinski definition) is 2. The van der Waals surface area contributed by atoms with E-state index in [2.05, 4.69) is 23.9 Å². The summed E-state index contributed by atoms with van der Waals surface area (Å²) < 4.78 is 34.2. The Balaban J connectivity index is 1.54. The molecule has 6 nitrogen and oxygen atoms in total. The number of sulfonamides is 1. The van der Waals surface area contributed by atoms with Gasteiger partial charge in [-0.15, -0.1) is 0 Å². The molecule has 1 atom stereocenters. The van der Waals surface area contributed by atoms with Crippen LogP contribution in [0.2, 0.25) is 5.02 Å². The van der Waals surface area contributed by atoms with Crippen LogP contribution in [0.15, 0.2) is 71.6 Å². The SMILES string of the molecule is CCC1(CC)C[C@H](NC(=O)c2ccc(NS(=O)(=O)c3ccc(C)cc3)cc2Cl)c2ccccc2O1. The van der Waals surface area contributed by atoms with Crippen molar-refractivity contribution in [3.63, 3.8) is 0 Å². The monoisotopic (exact) mass is 512 g/mol. The maximum Gasteiger partial charge on any atom is 0.261 e. The summed E-state index contributed by atoms with van der Waals surface area (Å²) in [7, 11) is -3.78. The molecule has 0 bridgehead atoms. The van der Waals surface area contributed by atoms with Crippen LogP contribution in [0.3, 0.4) is 0 Å². The average Bonchev–Trinajstić information content (AvgIpc) is 2.84. The Bertz CT molecular complexity index is 1340. The van der Waals surface area contributed by atoms with Crippen molar-refractivity contribution in [3.8, 4) is 5.75 Å². The molecule has 1 aliphatic rings. The molecule has 184 valence electrons. The third kappa shape index (κ3) is 5.31. The Kier molecular flexibility index (Phi) is 7.10. The van der Waals surface area contributed by atoms with Crippen LogP contribution in [0.4, 0.5) is 5.69 Å². The van der Waals surface area contributed by atoms with Crippen LogP contribution in [0, 0.1) is 6.92 Å². The van der Waals surface area contributed by atoms with Gasteiger partial charge in [0, 0.05) is 12.0 Å². The summed E-state index contributed by atoms with van der Waals surface area (Å²) in [6.45, 7) is 6.06. The lowest BCUT2D eigenvalue weighted by Crippen LogP contribution is -2.44. The number of hydrogen-bond acceptors (Lipinski definition) is 4. The minimum atomic E-state index is -3.78. The number of carbonyl (C=O) groups is 1. The predicted octanol–water partition coefficient (Wildman–Crippen LogP) is 6.26. The van der Waals surface area contributed by atoms with Crippen LogP contribution in [0.25, 0.3) is 0 Å². The normalized spacial score (nSPS) is 16.6. The van der Waals surface area contributed by atoms with Crippen LogP contribution >= 0.6 is 11.6 Å². The van der Waals surface area contributed by atoms with Crippen LogP contribution in [0.5, 0.6) is 5.75 Å². The smallest absolute Gasteiger partial charge is 0.261 e. The van der Waals surface area contributed by atoms with E-state index in [-0.39, 0.29) is 38.7 Å². The third-order valence-corrected chi connectivity index (χ3v) is 8.30. The zero-order valence-corrected chi connectivity index (χ0v) is 21.5. The molecule has 0 unspecified atom stereocenters. The summed E-state index contributed by atoms with van der Waals surface area (Å²) >= 11 is 6.43. The van der Waals surface area contributed by atoms with Crippen molar-refractivity contribution in [2.24, 2.45) is 0 Å². The van der Waals surface area contributed by atoms with Crippen molar-refractivity contribution < 1.29 is 17.9 Å². The number of aryl methyl sites for hydroxylation is 1. The molecule has 0 radical (unpaired) electrons. The number of amides is 1. The van der Waals surface area contributed by atoms with Gasteiger partial charge in [0.15, 0.2) is 0 Å². The van der Waals surface area contributed by atoms with E-state index in [1.54, 1.807) is 24.3 Å². The molecule has 3 aromatic rings. The highest BCUT2D eigenvalue weighted by atomic mass is 35.5. The zero-order chi connectivity index (χ0) is 25.2. The molecule has 0 aromatic heterocycles. The number of benzene rings is 3. The molecule has 1 heterocycles. The first-order valence-corrected chi connectivity index (χ1v) is 13.5. The third-order valence-electron chi connectivity index (χ3n) is 6.59. The van der Waals surface area contributed by atoms with E-state index in [1.807, 2.05) is 31.2 Å².